The van der Waals surface area contributed by atoms with Gasteiger partial charge in [0.1, 0.15) is 0 Å². The minimum Gasteiger partial charge on any atom is -0.394 e. The molecule has 1 aliphatic rings. The van der Waals surface area contributed by atoms with Crippen LogP contribution in [-0.4, -0.2) is 40.0 Å². The molecule has 0 aliphatic carbocycles. The van der Waals surface area contributed by atoms with Crippen molar-refractivity contribution in [3.63, 3.8) is 0 Å². The zero-order chi connectivity index (χ0) is 14.0. The van der Waals surface area contributed by atoms with Crippen molar-refractivity contribution in [1.29, 1.82) is 0 Å². The highest BCUT2D eigenvalue weighted by Gasteiger charge is 2.30. The summed E-state index contributed by atoms with van der Waals surface area (Å²) in [5.74, 6) is -0.238. The molecule has 0 bridgehead atoms. The van der Waals surface area contributed by atoms with Gasteiger partial charge in [-0.15, -0.1) is 0 Å². The van der Waals surface area contributed by atoms with Crippen LogP contribution in [0.4, 0.5) is 5.69 Å². The number of benzene rings is 1. The van der Waals surface area contributed by atoms with E-state index < -0.39 is 4.92 Å². The average molecular weight is 264 g/mol. The van der Waals surface area contributed by atoms with Gasteiger partial charge in [0.15, 0.2) is 0 Å². The van der Waals surface area contributed by atoms with E-state index in [2.05, 4.69) is 0 Å². The Balaban J connectivity index is 2.34. The first-order valence-corrected chi connectivity index (χ1v) is 6.22. The van der Waals surface area contributed by atoms with E-state index in [1.165, 1.54) is 12.1 Å². The van der Waals surface area contributed by atoms with Gasteiger partial charge in [0.05, 0.1) is 17.6 Å². The summed E-state index contributed by atoms with van der Waals surface area (Å²) in [5.41, 5.74) is 0.668. The number of hydrogen-bond donors (Lipinski definition) is 1. The van der Waals surface area contributed by atoms with Crippen molar-refractivity contribution in [3.8, 4) is 0 Å². The Morgan fingerprint density at radius 3 is 2.95 bits per heavy atom. The second-order valence-corrected chi connectivity index (χ2v) is 4.68. The molecule has 6 heteroatoms. The lowest BCUT2D eigenvalue weighted by Crippen LogP contribution is -2.38. The van der Waals surface area contributed by atoms with E-state index >= 15 is 0 Å². The fraction of sp³-hybridized carbons (Fsp3) is 0.462. The van der Waals surface area contributed by atoms with Gasteiger partial charge in [-0.3, -0.25) is 14.9 Å². The fourth-order valence-corrected chi connectivity index (χ4v) is 2.50. The molecule has 1 unspecified atom stereocenters. The molecule has 102 valence electrons. The first kappa shape index (κ1) is 13.5. The van der Waals surface area contributed by atoms with Crippen molar-refractivity contribution in [2.45, 2.75) is 25.8 Å². The van der Waals surface area contributed by atoms with Gasteiger partial charge in [0.2, 0.25) is 0 Å². The van der Waals surface area contributed by atoms with E-state index in [4.69, 9.17) is 0 Å². The summed E-state index contributed by atoms with van der Waals surface area (Å²) in [6.07, 6.45) is 1.63. The summed E-state index contributed by atoms with van der Waals surface area (Å²) in [5, 5.41) is 20.1. The topological polar surface area (TPSA) is 83.7 Å². The van der Waals surface area contributed by atoms with Crippen LogP contribution < -0.4 is 0 Å². The van der Waals surface area contributed by atoms with Gasteiger partial charge in [0, 0.05) is 23.7 Å². The van der Waals surface area contributed by atoms with Gasteiger partial charge < -0.3 is 10.0 Å². The molecule has 1 fully saturated rings. The Kier molecular flexibility index (Phi) is 3.80. The molecule has 0 spiro atoms. The van der Waals surface area contributed by atoms with Crippen LogP contribution in [-0.2, 0) is 0 Å². The molecule has 1 aromatic carbocycles. The van der Waals surface area contributed by atoms with Crippen LogP contribution in [0.15, 0.2) is 18.2 Å². The van der Waals surface area contributed by atoms with Crippen molar-refractivity contribution >= 4 is 11.6 Å². The lowest BCUT2D eigenvalue weighted by Gasteiger charge is -2.23. The third-order valence-corrected chi connectivity index (χ3v) is 3.58. The third kappa shape index (κ3) is 2.44. The Hall–Kier alpha value is -1.95. The summed E-state index contributed by atoms with van der Waals surface area (Å²) in [4.78, 5) is 24.4. The number of aliphatic hydroxyl groups is 1. The Morgan fingerprint density at radius 2 is 2.32 bits per heavy atom. The number of nitrogens with zero attached hydrogens (tertiary/aromatic N) is 2. The number of nitro benzene ring substituents is 1. The minimum atomic E-state index is -0.486. The standard InChI is InChI=1S/C13H16N2O4/c1-9-11(5-2-6-12(9)15(18)19)13(17)14-7-3-4-10(14)8-16/h2,5-6,10,16H,3-4,7-8H2,1H3. The second-order valence-electron chi connectivity index (χ2n) is 4.68. The molecule has 1 heterocycles. The van der Waals surface area contributed by atoms with Crippen LogP contribution >= 0.6 is 0 Å². The maximum Gasteiger partial charge on any atom is 0.273 e. The predicted molar refractivity (Wildman–Crippen MR) is 69.0 cm³/mol. The summed E-state index contributed by atoms with van der Waals surface area (Å²) in [7, 11) is 0. The fourth-order valence-electron chi connectivity index (χ4n) is 2.50. The molecule has 1 N–H and O–H groups in total. The van der Waals surface area contributed by atoms with Crippen LogP contribution in [0.5, 0.6) is 0 Å². The van der Waals surface area contributed by atoms with Gasteiger partial charge in [-0.1, -0.05) is 6.07 Å². The van der Waals surface area contributed by atoms with E-state index in [0.717, 1.165) is 12.8 Å². The highest BCUT2D eigenvalue weighted by Crippen LogP contribution is 2.25. The number of aliphatic hydroxyl groups excluding tert-OH is 1. The molecule has 1 atom stereocenters. The van der Waals surface area contributed by atoms with Crippen molar-refractivity contribution in [2.24, 2.45) is 0 Å². The van der Waals surface area contributed by atoms with Crippen LogP contribution in [0.3, 0.4) is 0 Å². The summed E-state index contributed by atoms with van der Waals surface area (Å²) >= 11 is 0. The molecule has 6 nitrogen and oxygen atoms in total. The summed E-state index contributed by atoms with van der Waals surface area (Å²) in [6, 6.07) is 4.32. The maximum absolute atomic E-state index is 12.4. The van der Waals surface area contributed by atoms with E-state index in [9.17, 15) is 20.0 Å². The van der Waals surface area contributed by atoms with E-state index in [1.807, 2.05) is 0 Å². The highest BCUT2D eigenvalue weighted by atomic mass is 16.6. The molecule has 1 aliphatic heterocycles. The van der Waals surface area contributed by atoms with Crippen LogP contribution in [0.2, 0.25) is 0 Å². The molecule has 19 heavy (non-hydrogen) atoms. The van der Waals surface area contributed by atoms with Gasteiger partial charge in [-0.25, -0.2) is 0 Å². The quantitative estimate of drug-likeness (QED) is 0.662. The van der Waals surface area contributed by atoms with Crippen molar-refractivity contribution in [3.05, 3.63) is 39.4 Å². The van der Waals surface area contributed by atoms with Crippen LogP contribution in [0.25, 0.3) is 0 Å². The molecule has 2 rings (SSSR count). The zero-order valence-electron chi connectivity index (χ0n) is 10.7. The maximum atomic E-state index is 12.4. The number of hydrogen-bond acceptors (Lipinski definition) is 4. The predicted octanol–water partition coefficient (Wildman–Crippen LogP) is 1.50. The minimum absolute atomic E-state index is 0.0504. The number of carbonyl (C=O) groups is 1. The lowest BCUT2D eigenvalue weighted by molar-refractivity contribution is -0.385. The van der Waals surface area contributed by atoms with E-state index in [1.54, 1.807) is 17.9 Å². The smallest absolute Gasteiger partial charge is 0.273 e. The average Bonchev–Trinajstić information content (AvgIpc) is 2.86. The van der Waals surface area contributed by atoms with E-state index in [-0.39, 0.29) is 24.2 Å². The summed E-state index contributed by atoms with van der Waals surface area (Å²) < 4.78 is 0. The number of carbonyl (C=O) groups excluding carboxylic acids is 1. The molecule has 0 aromatic heterocycles. The van der Waals surface area contributed by atoms with Gasteiger partial charge in [0.25, 0.3) is 11.6 Å². The normalized spacial score (nSPS) is 18.6. The van der Waals surface area contributed by atoms with E-state index in [0.29, 0.717) is 17.7 Å². The van der Waals surface area contributed by atoms with Crippen molar-refractivity contribution in [1.82, 2.24) is 4.90 Å². The van der Waals surface area contributed by atoms with Crippen LogP contribution in [0, 0.1) is 17.0 Å². The Bertz CT molecular complexity index is 515. The van der Waals surface area contributed by atoms with Crippen LogP contribution in [0.1, 0.15) is 28.8 Å². The first-order valence-electron chi connectivity index (χ1n) is 6.22. The number of nitro groups is 1. The van der Waals surface area contributed by atoms with Crippen molar-refractivity contribution in [2.75, 3.05) is 13.2 Å². The zero-order valence-corrected chi connectivity index (χ0v) is 10.7. The molecule has 0 radical (unpaired) electrons. The highest BCUT2D eigenvalue weighted by molar-refractivity contribution is 5.97. The molecule has 1 amide bonds. The Labute approximate surface area is 110 Å². The summed E-state index contributed by atoms with van der Waals surface area (Å²) in [6.45, 7) is 2.10. The monoisotopic (exact) mass is 264 g/mol. The first-order chi connectivity index (χ1) is 9.06. The molecular weight excluding hydrogens is 248 g/mol. The SMILES string of the molecule is Cc1c(C(=O)N2CCCC2CO)cccc1[N+](=O)[O-]. The molecule has 0 saturated carbocycles. The van der Waals surface area contributed by atoms with Gasteiger partial charge >= 0.3 is 0 Å². The number of likely N-dealkylation sites (tertiary alicyclic amines) is 1. The number of amides is 1. The third-order valence-electron chi connectivity index (χ3n) is 3.58. The molecule has 1 aromatic rings. The number of rotatable bonds is 3. The largest absolute Gasteiger partial charge is 0.394 e. The Morgan fingerprint density at radius 1 is 1.58 bits per heavy atom. The van der Waals surface area contributed by atoms with Gasteiger partial charge in [-0.2, -0.15) is 0 Å². The molecule has 1 saturated heterocycles. The molecular formula is C13H16N2O4. The van der Waals surface area contributed by atoms with Crippen molar-refractivity contribution < 1.29 is 14.8 Å². The lowest BCUT2D eigenvalue weighted by atomic mass is 10.1. The van der Waals surface area contributed by atoms with Gasteiger partial charge in [-0.05, 0) is 25.8 Å². The second kappa shape index (κ2) is 5.36.